The van der Waals surface area contributed by atoms with Gasteiger partial charge in [0.25, 0.3) is 0 Å². The average Bonchev–Trinajstić information content (AvgIpc) is 2.72. The third-order valence-corrected chi connectivity index (χ3v) is 2.87. The summed E-state index contributed by atoms with van der Waals surface area (Å²) < 4.78 is 48.3. The van der Waals surface area contributed by atoms with Gasteiger partial charge in [-0.1, -0.05) is 5.46 Å². The van der Waals surface area contributed by atoms with Crippen molar-refractivity contribution in [3.8, 4) is 5.75 Å². The molecule has 1 fully saturated rings. The molecule has 100 valence electrons. The van der Waals surface area contributed by atoms with Gasteiger partial charge < -0.3 is 22.4 Å². The van der Waals surface area contributed by atoms with Gasteiger partial charge in [0.2, 0.25) is 0 Å². The standard InChI is InChI=1S/C11H14BF3NO2.K/c1-8-2-3-10(18-8)7-17-11-4-9(5-16-6-11)12(13,14)15;/h4-6,8,10H,2-3,7H2,1H3;/q-1;+1. The molecular weight excluding hydrogens is 285 g/mol. The molecule has 2 heterocycles. The van der Waals surface area contributed by atoms with Crippen LogP contribution in [0.15, 0.2) is 18.5 Å². The summed E-state index contributed by atoms with van der Waals surface area (Å²) in [5.41, 5.74) is -0.742. The quantitative estimate of drug-likeness (QED) is 0.674. The molecule has 8 heteroatoms. The molecule has 19 heavy (non-hydrogen) atoms. The summed E-state index contributed by atoms with van der Waals surface area (Å²) in [6, 6.07) is 0.978. The topological polar surface area (TPSA) is 31.4 Å². The van der Waals surface area contributed by atoms with E-state index in [1.165, 1.54) is 6.20 Å². The minimum Gasteiger partial charge on any atom is -0.489 e. The Balaban J connectivity index is 0.00000180. The maximum absolute atomic E-state index is 12.5. The van der Waals surface area contributed by atoms with E-state index in [1.807, 2.05) is 6.92 Å². The van der Waals surface area contributed by atoms with Crippen LogP contribution in [-0.4, -0.2) is 30.8 Å². The van der Waals surface area contributed by atoms with Gasteiger partial charge in [0.15, 0.2) is 0 Å². The number of aromatic nitrogens is 1. The molecule has 0 N–H and O–H groups in total. The van der Waals surface area contributed by atoms with Gasteiger partial charge in [-0.05, 0) is 25.8 Å². The predicted molar refractivity (Wildman–Crippen MR) is 62.0 cm³/mol. The largest absolute Gasteiger partial charge is 1.00 e. The summed E-state index contributed by atoms with van der Waals surface area (Å²) in [5.74, 6) is 0.134. The first-order chi connectivity index (χ1) is 8.45. The van der Waals surface area contributed by atoms with E-state index < -0.39 is 12.4 Å². The molecule has 2 unspecified atom stereocenters. The summed E-state index contributed by atoms with van der Waals surface area (Å²) in [6.07, 6.45) is 4.07. The van der Waals surface area contributed by atoms with Gasteiger partial charge in [-0.2, -0.15) is 0 Å². The van der Waals surface area contributed by atoms with Crippen LogP contribution < -0.4 is 61.6 Å². The summed E-state index contributed by atoms with van der Waals surface area (Å²) in [5, 5.41) is 0. The Morgan fingerprint density at radius 1 is 1.37 bits per heavy atom. The third kappa shape index (κ3) is 5.36. The predicted octanol–water partition coefficient (Wildman–Crippen LogP) is -0.914. The van der Waals surface area contributed by atoms with Crippen molar-refractivity contribution < 1.29 is 73.8 Å². The van der Waals surface area contributed by atoms with E-state index in [1.54, 1.807) is 0 Å². The minimum atomic E-state index is -5.03. The van der Waals surface area contributed by atoms with Crippen molar-refractivity contribution in [3.63, 3.8) is 0 Å². The van der Waals surface area contributed by atoms with Crippen molar-refractivity contribution >= 4 is 12.4 Å². The SMILES string of the molecule is CC1CCC(COc2cncc([B-](F)(F)F)c2)O1.[K+]. The zero-order valence-electron chi connectivity index (χ0n) is 11.0. The van der Waals surface area contributed by atoms with Gasteiger partial charge in [0, 0.05) is 6.20 Å². The molecule has 2 atom stereocenters. The van der Waals surface area contributed by atoms with E-state index in [2.05, 4.69) is 4.98 Å². The maximum atomic E-state index is 12.5. The zero-order chi connectivity index (χ0) is 13.2. The van der Waals surface area contributed by atoms with Gasteiger partial charge >= 0.3 is 58.4 Å². The molecule has 3 nitrogen and oxygen atoms in total. The summed E-state index contributed by atoms with van der Waals surface area (Å²) >= 11 is 0. The molecule has 1 saturated heterocycles. The summed E-state index contributed by atoms with van der Waals surface area (Å²) in [4.78, 5) is 3.54. The Labute approximate surface area is 152 Å². The van der Waals surface area contributed by atoms with Gasteiger partial charge in [0.1, 0.15) is 12.4 Å². The second kappa shape index (κ2) is 7.42. The average molecular weight is 299 g/mol. The van der Waals surface area contributed by atoms with Crippen molar-refractivity contribution in [2.24, 2.45) is 0 Å². The number of hydrogen-bond acceptors (Lipinski definition) is 3. The van der Waals surface area contributed by atoms with E-state index in [0.717, 1.165) is 25.1 Å². The van der Waals surface area contributed by atoms with Gasteiger partial charge in [-0.25, -0.2) is 0 Å². The Morgan fingerprint density at radius 3 is 2.68 bits per heavy atom. The molecule has 1 aliphatic heterocycles. The smallest absolute Gasteiger partial charge is 0.489 e. The van der Waals surface area contributed by atoms with E-state index in [9.17, 15) is 12.9 Å². The van der Waals surface area contributed by atoms with Crippen LogP contribution in [0.4, 0.5) is 12.9 Å². The van der Waals surface area contributed by atoms with Crippen molar-refractivity contribution in [1.82, 2.24) is 4.98 Å². The zero-order valence-corrected chi connectivity index (χ0v) is 14.1. The monoisotopic (exact) mass is 299 g/mol. The molecule has 0 aromatic carbocycles. The van der Waals surface area contributed by atoms with Crippen LogP contribution in [0.3, 0.4) is 0 Å². The number of hydrogen-bond donors (Lipinski definition) is 0. The van der Waals surface area contributed by atoms with E-state index in [-0.39, 0.29) is 75.9 Å². The van der Waals surface area contributed by atoms with Crippen LogP contribution >= 0.6 is 0 Å². The van der Waals surface area contributed by atoms with Crippen molar-refractivity contribution in [3.05, 3.63) is 18.5 Å². The Morgan fingerprint density at radius 2 is 2.11 bits per heavy atom. The molecule has 0 spiro atoms. The fraction of sp³-hybridized carbons (Fsp3) is 0.545. The molecule has 1 aromatic rings. The molecule has 1 aliphatic rings. The first-order valence-electron chi connectivity index (χ1n) is 5.88. The number of nitrogens with zero attached hydrogens (tertiary/aromatic N) is 1. The Hall–Kier alpha value is 0.401. The first kappa shape index (κ1) is 17.5. The van der Waals surface area contributed by atoms with E-state index >= 15 is 0 Å². The molecule has 1 aromatic heterocycles. The second-order valence-electron chi connectivity index (χ2n) is 4.49. The fourth-order valence-electron chi connectivity index (χ4n) is 1.89. The Bertz CT molecular complexity index is 419. The molecule has 0 amide bonds. The first-order valence-corrected chi connectivity index (χ1v) is 5.88. The number of pyridine rings is 1. The van der Waals surface area contributed by atoms with E-state index in [4.69, 9.17) is 9.47 Å². The number of halogens is 3. The van der Waals surface area contributed by atoms with Gasteiger partial charge in [-0.3, -0.25) is 4.98 Å². The molecule has 0 radical (unpaired) electrons. The van der Waals surface area contributed by atoms with E-state index in [0.29, 0.717) is 0 Å². The van der Waals surface area contributed by atoms with Crippen LogP contribution in [-0.2, 0) is 4.74 Å². The summed E-state index contributed by atoms with van der Waals surface area (Å²) in [7, 11) is 0. The van der Waals surface area contributed by atoms with Gasteiger partial charge in [-0.15, -0.1) is 0 Å². The van der Waals surface area contributed by atoms with Crippen molar-refractivity contribution in [2.45, 2.75) is 32.0 Å². The minimum absolute atomic E-state index is 0. The fourth-order valence-corrected chi connectivity index (χ4v) is 1.89. The molecule has 2 rings (SSSR count). The van der Waals surface area contributed by atoms with Gasteiger partial charge in [0.05, 0.1) is 18.4 Å². The number of ether oxygens (including phenoxy) is 2. The van der Waals surface area contributed by atoms with Crippen molar-refractivity contribution in [2.75, 3.05) is 6.61 Å². The van der Waals surface area contributed by atoms with Crippen LogP contribution in [0, 0.1) is 0 Å². The maximum Gasteiger partial charge on any atom is 1.00 e. The summed E-state index contributed by atoms with van der Waals surface area (Å²) in [6.45, 7) is -2.80. The molecule has 0 saturated carbocycles. The van der Waals surface area contributed by atoms with Crippen LogP contribution in [0.25, 0.3) is 0 Å². The Kier molecular flexibility index (Phi) is 6.82. The third-order valence-electron chi connectivity index (χ3n) is 2.87. The second-order valence-corrected chi connectivity index (χ2v) is 4.49. The number of rotatable bonds is 4. The normalized spacial score (nSPS) is 22.9. The molecular formula is C11H14BF3KNO2. The van der Waals surface area contributed by atoms with Crippen LogP contribution in [0.2, 0.25) is 0 Å². The van der Waals surface area contributed by atoms with Crippen LogP contribution in [0.1, 0.15) is 19.8 Å². The molecule has 0 bridgehead atoms. The van der Waals surface area contributed by atoms with Crippen LogP contribution in [0.5, 0.6) is 5.75 Å². The van der Waals surface area contributed by atoms with Crippen molar-refractivity contribution in [1.29, 1.82) is 0 Å². The molecule has 0 aliphatic carbocycles.